The van der Waals surface area contributed by atoms with Crippen molar-refractivity contribution in [3.05, 3.63) is 88.1 Å². The topological polar surface area (TPSA) is 118 Å². The molecule has 5 rings (SSSR count). The molecule has 2 aromatic carbocycles. The van der Waals surface area contributed by atoms with Crippen molar-refractivity contribution in [1.29, 1.82) is 0 Å². The quantitative estimate of drug-likeness (QED) is 0.467. The van der Waals surface area contributed by atoms with Gasteiger partial charge in [-0.3, -0.25) is 14.2 Å². The summed E-state index contributed by atoms with van der Waals surface area (Å²) in [4.78, 5) is 35.8. The average Bonchev–Trinajstić information content (AvgIpc) is 3.47. The summed E-state index contributed by atoms with van der Waals surface area (Å²) in [6.45, 7) is 2.50. The molecule has 0 aliphatic carbocycles. The summed E-state index contributed by atoms with van der Waals surface area (Å²) in [5, 5.41) is 17.3. The van der Waals surface area contributed by atoms with E-state index in [4.69, 9.17) is 0 Å². The van der Waals surface area contributed by atoms with Gasteiger partial charge in [-0.25, -0.2) is 19.0 Å². The van der Waals surface area contributed by atoms with Crippen molar-refractivity contribution in [2.75, 3.05) is 11.4 Å². The molecular weight excluding hydrogens is 441 g/mol. The molecular formula is C23H20FN7O3. The molecule has 3 heterocycles. The number of anilines is 2. The predicted octanol–water partition coefficient (Wildman–Crippen LogP) is 2.06. The van der Waals surface area contributed by atoms with Gasteiger partial charge in [0.1, 0.15) is 18.0 Å². The number of aryl methyl sites for hydroxylation is 1. The van der Waals surface area contributed by atoms with Crippen molar-refractivity contribution >= 4 is 17.5 Å². The number of carbonyl (C=O) groups is 1. The van der Waals surface area contributed by atoms with E-state index in [2.05, 4.69) is 20.4 Å². The van der Waals surface area contributed by atoms with E-state index >= 15 is 0 Å². The fourth-order valence-electron chi connectivity index (χ4n) is 3.87. The first-order valence-corrected chi connectivity index (χ1v) is 10.5. The Labute approximate surface area is 192 Å². The maximum atomic E-state index is 13.9. The minimum absolute atomic E-state index is 0.0186. The molecule has 1 aliphatic rings. The monoisotopic (exact) mass is 461 g/mol. The lowest BCUT2D eigenvalue weighted by Crippen LogP contribution is -2.29. The number of nitrogens with zero attached hydrogens (tertiary/aromatic N) is 6. The lowest BCUT2D eigenvalue weighted by molar-refractivity contribution is 0.0942. The molecule has 0 fully saturated rings. The maximum absolute atomic E-state index is 13.9. The van der Waals surface area contributed by atoms with Gasteiger partial charge in [0.15, 0.2) is 5.69 Å². The number of benzene rings is 2. The Morgan fingerprint density at radius 1 is 1.18 bits per heavy atom. The highest BCUT2D eigenvalue weighted by atomic mass is 19.1. The van der Waals surface area contributed by atoms with E-state index in [-0.39, 0.29) is 18.2 Å². The van der Waals surface area contributed by atoms with E-state index in [1.165, 1.54) is 33.8 Å². The normalized spacial score (nSPS) is 12.6. The van der Waals surface area contributed by atoms with Crippen molar-refractivity contribution < 1.29 is 14.3 Å². The number of fused-ring (bicyclic) bond motifs is 1. The number of aromatic hydroxyl groups is 1. The van der Waals surface area contributed by atoms with Crippen LogP contribution in [0.1, 0.15) is 21.9 Å². The smallest absolute Gasteiger partial charge is 0.298 e. The summed E-state index contributed by atoms with van der Waals surface area (Å²) >= 11 is 0. The maximum Gasteiger partial charge on any atom is 0.298 e. The van der Waals surface area contributed by atoms with Crippen LogP contribution in [0.5, 0.6) is 5.75 Å². The molecule has 10 nitrogen and oxygen atoms in total. The Hall–Kier alpha value is -4.54. The Morgan fingerprint density at radius 3 is 2.71 bits per heavy atom. The van der Waals surface area contributed by atoms with E-state index in [9.17, 15) is 19.1 Å². The SMILES string of the molecule is Cc1ncn(-c2cc(F)ccc2CNC(=O)c2nc3n(c(=O)c2O)CCN3c2ccccc2)n1. The van der Waals surface area contributed by atoms with Crippen LogP contribution in [0.3, 0.4) is 0 Å². The molecule has 0 spiro atoms. The van der Waals surface area contributed by atoms with Gasteiger partial charge in [0.05, 0.1) is 5.69 Å². The molecule has 0 atom stereocenters. The van der Waals surface area contributed by atoms with E-state index in [1.807, 2.05) is 35.2 Å². The zero-order valence-electron chi connectivity index (χ0n) is 18.1. The molecule has 1 amide bonds. The number of para-hydroxylation sites is 1. The molecule has 0 saturated heterocycles. The second-order valence-electron chi connectivity index (χ2n) is 7.75. The van der Waals surface area contributed by atoms with Crippen molar-refractivity contribution in [3.63, 3.8) is 0 Å². The Balaban J connectivity index is 1.44. The molecule has 172 valence electrons. The standard InChI is InChI=1S/C23H20FN7O3/c1-14-26-13-31(28-14)18-11-16(24)8-7-15(18)12-25-21(33)19-20(32)22(34)30-10-9-29(23(30)27-19)17-5-3-2-4-6-17/h2-8,11,13,32H,9-10,12H2,1H3,(H,25,33). The minimum atomic E-state index is -0.733. The molecule has 11 heteroatoms. The van der Waals surface area contributed by atoms with Crippen molar-refractivity contribution in [2.24, 2.45) is 0 Å². The van der Waals surface area contributed by atoms with Crippen molar-refractivity contribution in [2.45, 2.75) is 20.0 Å². The van der Waals surface area contributed by atoms with Crippen LogP contribution < -0.4 is 15.8 Å². The third-order valence-electron chi connectivity index (χ3n) is 5.54. The number of amides is 1. The Bertz CT molecular complexity index is 1450. The van der Waals surface area contributed by atoms with Crippen LogP contribution in [0, 0.1) is 12.7 Å². The van der Waals surface area contributed by atoms with Crippen LogP contribution in [0.4, 0.5) is 16.0 Å². The largest absolute Gasteiger partial charge is 0.501 e. The van der Waals surface area contributed by atoms with Gasteiger partial charge in [0.2, 0.25) is 11.7 Å². The molecule has 4 aromatic rings. The first kappa shape index (κ1) is 21.3. The third kappa shape index (κ3) is 3.76. The fourth-order valence-corrected chi connectivity index (χ4v) is 3.87. The van der Waals surface area contributed by atoms with Gasteiger partial charge >= 0.3 is 0 Å². The fraction of sp³-hybridized carbons (Fsp3) is 0.174. The second kappa shape index (κ2) is 8.43. The van der Waals surface area contributed by atoms with Gasteiger partial charge in [-0.2, -0.15) is 5.10 Å². The zero-order valence-corrected chi connectivity index (χ0v) is 18.1. The van der Waals surface area contributed by atoms with E-state index in [0.29, 0.717) is 30.2 Å². The molecule has 2 N–H and O–H groups in total. The zero-order chi connectivity index (χ0) is 23.8. The van der Waals surface area contributed by atoms with E-state index in [0.717, 1.165) is 5.69 Å². The van der Waals surface area contributed by atoms with Crippen LogP contribution in [-0.2, 0) is 13.1 Å². The van der Waals surface area contributed by atoms with Crippen LogP contribution in [0.15, 0.2) is 59.7 Å². The number of aromatic nitrogens is 5. The van der Waals surface area contributed by atoms with Crippen LogP contribution in [-0.4, -0.2) is 41.9 Å². The molecule has 0 unspecified atom stereocenters. The van der Waals surface area contributed by atoms with Crippen LogP contribution in [0.2, 0.25) is 0 Å². The van der Waals surface area contributed by atoms with Gasteiger partial charge < -0.3 is 15.3 Å². The van der Waals surface area contributed by atoms with Gasteiger partial charge in [-0.15, -0.1) is 0 Å². The van der Waals surface area contributed by atoms with E-state index < -0.39 is 23.0 Å². The molecule has 34 heavy (non-hydrogen) atoms. The third-order valence-corrected chi connectivity index (χ3v) is 5.54. The van der Waals surface area contributed by atoms with Crippen LogP contribution in [0.25, 0.3) is 5.69 Å². The number of hydrogen-bond acceptors (Lipinski definition) is 7. The highest BCUT2D eigenvalue weighted by Gasteiger charge is 2.29. The first-order valence-electron chi connectivity index (χ1n) is 10.5. The van der Waals surface area contributed by atoms with Crippen LogP contribution >= 0.6 is 0 Å². The summed E-state index contributed by atoms with van der Waals surface area (Å²) in [5.74, 6) is -1.13. The highest BCUT2D eigenvalue weighted by Crippen LogP contribution is 2.28. The molecule has 0 bridgehead atoms. The van der Waals surface area contributed by atoms with Crippen molar-refractivity contribution in [3.8, 4) is 11.4 Å². The minimum Gasteiger partial charge on any atom is -0.501 e. The summed E-state index contributed by atoms with van der Waals surface area (Å²) < 4.78 is 16.6. The lowest BCUT2D eigenvalue weighted by Gasteiger charge is -2.18. The summed E-state index contributed by atoms with van der Waals surface area (Å²) in [5.41, 5.74) is 0.718. The summed E-state index contributed by atoms with van der Waals surface area (Å²) in [6.07, 6.45) is 1.45. The molecule has 0 saturated carbocycles. The summed E-state index contributed by atoms with van der Waals surface area (Å²) in [6, 6.07) is 13.4. The van der Waals surface area contributed by atoms with Gasteiger partial charge in [0, 0.05) is 25.3 Å². The number of hydrogen-bond donors (Lipinski definition) is 2. The molecule has 2 aromatic heterocycles. The predicted molar refractivity (Wildman–Crippen MR) is 121 cm³/mol. The van der Waals surface area contributed by atoms with Gasteiger partial charge in [0.25, 0.3) is 11.5 Å². The average molecular weight is 461 g/mol. The Kier molecular flexibility index (Phi) is 5.28. The summed E-state index contributed by atoms with van der Waals surface area (Å²) in [7, 11) is 0. The van der Waals surface area contributed by atoms with Gasteiger partial charge in [-0.05, 0) is 36.8 Å². The number of halogens is 1. The van der Waals surface area contributed by atoms with Crippen molar-refractivity contribution in [1.82, 2.24) is 29.6 Å². The van der Waals surface area contributed by atoms with Gasteiger partial charge in [-0.1, -0.05) is 24.3 Å². The number of nitrogens with one attached hydrogen (secondary N) is 1. The highest BCUT2D eigenvalue weighted by molar-refractivity contribution is 5.95. The first-order chi connectivity index (χ1) is 16.4. The van der Waals surface area contributed by atoms with E-state index in [1.54, 1.807) is 6.92 Å². The number of carbonyl (C=O) groups excluding carboxylic acids is 1. The molecule has 0 radical (unpaired) electrons. The lowest BCUT2D eigenvalue weighted by atomic mass is 10.1. The number of rotatable bonds is 5. The molecule has 1 aliphatic heterocycles. The Morgan fingerprint density at radius 2 is 1.97 bits per heavy atom. The second-order valence-corrected chi connectivity index (χ2v) is 7.75.